The molecule has 0 aliphatic carbocycles. The molecule has 0 aliphatic rings. The first-order valence-corrected chi connectivity index (χ1v) is 8.37. The Labute approximate surface area is 129 Å². The van der Waals surface area contributed by atoms with Crippen LogP contribution in [0.5, 0.6) is 0 Å². The first-order valence-electron chi connectivity index (χ1n) is 7.13. The summed E-state index contributed by atoms with van der Waals surface area (Å²) in [6.45, 7) is 4.07. The number of quaternary nitrogens is 1. The molecule has 0 amide bonds. The fourth-order valence-electron chi connectivity index (χ4n) is 1.83. The predicted octanol–water partition coefficient (Wildman–Crippen LogP) is -1.86. The molecule has 7 nitrogen and oxygen atoms in total. The Morgan fingerprint density at radius 2 is 1.38 bits per heavy atom. The topological polar surface area (TPSA) is 130 Å². The summed E-state index contributed by atoms with van der Waals surface area (Å²) in [5.74, 6) is -0.686. The second-order valence-electron chi connectivity index (χ2n) is 5.67. The minimum absolute atomic E-state index is 0.281. The Morgan fingerprint density at radius 3 is 1.81 bits per heavy atom. The molecule has 0 aromatic carbocycles. The lowest BCUT2D eigenvalue weighted by molar-refractivity contribution is -2.00. The van der Waals surface area contributed by atoms with Crippen molar-refractivity contribution in [2.24, 2.45) is 0 Å². The fraction of sp³-hybridized carbons (Fsp3) is 0.923. The van der Waals surface area contributed by atoms with Crippen molar-refractivity contribution in [3.63, 3.8) is 0 Å². The molecule has 128 valence electrons. The van der Waals surface area contributed by atoms with E-state index in [0.29, 0.717) is 0 Å². The molecule has 0 bridgehead atoms. The van der Waals surface area contributed by atoms with E-state index in [1.54, 1.807) is 0 Å². The molecule has 0 saturated heterocycles. The van der Waals surface area contributed by atoms with Gasteiger partial charge in [0.15, 0.2) is 0 Å². The summed E-state index contributed by atoms with van der Waals surface area (Å²) >= 11 is 0. The van der Waals surface area contributed by atoms with Gasteiger partial charge in [0.25, 0.3) is 0 Å². The van der Waals surface area contributed by atoms with Crippen molar-refractivity contribution in [1.82, 2.24) is 0 Å². The van der Waals surface area contributed by atoms with Crippen LogP contribution in [0.4, 0.5) is 0 Å². The highest BCUT2D eigenvalue weighted by molar-refractivity contribution is 5.66. The lowest BCUT2D eigenvalue weighted by Crippen LogP contribution is -2.68. The van der Waals surface area contributed by atoms with Gasteiger partial charge in [0.1, 0.15) is 0 Å². The van der Waals surface area contributed by atoms with Gasteiger partial charge in [-0.2, -0.15) is 0 Å². The fourth-order valence-corrected chi connectivity index (χ4v) is 1.83. The van der Waals surface area contributed by atoms with Crippen molar-refractivity contribution in [1.29, 1.82) is 0 Å². The minimum atomic E-state index is -4.94. The number of halogens is 1. The first-order chi connectivity index (χ1) is 9.48. The van der Waals surface area contributed by atoms with Crippen LogP contribution < -0.4 is 18.6 Å². The molecule has 0 aliphatic heterocycles. The molecule has 1 N–H and O–H groups in total. The molecule has 0 rings (SSSR count). The van der Waals surface area contributed by atoms with E-state index in [9.17, 15) is 4.79 Å². The maximum Gasteiger partial charge on any atom is 0.309 e. The van der Waals surface area contributed by atoms with Gasteiger partial charge in [-0.3, -0.25) is 4.79 Å². The Morgan fingerprint density at radius 1 is 0.952 bits per heavy atom. The van der Waals surface area contributed by atoms with E-state index in [1.165, 1.54) is 38.5 Å². The van der Waals surface area contributed by atoms with Gasteiger partial charge in [-0.1, -0.05) is 32.6 Å². The van der Waals surface area contributed by atoms with Crippen LogP contribution in [0.25, 0.3) is 0 Å². The lowest BCUT2D eigenvalue weighted by Gasteiger charge is -2.29. The Kier molecular flexibility index (Phi) is 13.2. The SMILES string of the molecule is CCCCCCCC[N+](C)(C)CCC(=O)O.[O-][Cl+3]([O-])([O-])[O-]. The number of hydrogen-bond donors (Lipinski definition) is 1. The second-order valence-corrected chi connectivity index (χ2v) is 6.43. The molecule has 0 radical (unpaired) electrons. The third-order valence-electron chi connectivity index (χ3n) is 3.05. The molecular formula is C13H28ClNO6. The summed E-state index contributed by atoms with van der Waals surface area (Å²) in [6, 6.07) is 0. The number of carboxylic acids is 1. The highest BCUT2D eigenvalue weighted by Crippen LogP contribution is 2.08. The number of aliphatic carboxylic acids is 1. The number of carboxylic acid groups (broad SMARTS) is 1. The standard InChI is InChI=1S/C13H27NO2.ClHO4/c1-4-5-6-7-8-9-11-14(2,3)12-10-13(15)16;2-1(3,4)5/h4-12H2,1-3H3;(H,2,3,4,5). The van der Waals surface area contributed by atoms with Crippen molar-refractivity contribution in [2.75, 3.05) is 27.2 Å². The maximum absolute atomic E-state index is 10.5. The highest BCUT2D eigenvalue weighted by atomic mass is 35.7. The third-order valence-corrected chi connectivity index (χ3v) is 3.05. The van der Waals surface area contributed by atoms with E-state index in [4.69, 9.17) is 23.7 Å². The molecular weight excluding hydrogens is 302 g/mol. The van der Waals surface area contributed by atoms with E-state index in [2.05, 4.69) is 21.0 Å². The Balaban J connectivity index is 0. The quantitative estimate of drug-likeness (QED) is 0.369. The summed E-state index contributed by atoms with van der Waals surface area (Å²) in [6.07, 6.45) is 8.09. The number of nitrogens with zero attached hydrogens (tertiary/aromatic N) is 1. The van der Waals surface area contributed by atoms with Gasteiger partial charge in [-0.15, -0.1) is 10.2 Å². The molecule has 8 heteroatoms. The smallest absolute Gasteiger partial charge is 0.309 e. The number of rotatable bonds is 10. The Bertz CT molecular complexity index is 262. The zero-order chi connectivity index (χ0) is 16.9. The van der Waals surface area contributed by atoms with Crippen molar-refractivity contribution in [3.8, 4) is 0 Å². The summed E-state index contributed by atoms with van der Waals surface area (Å²) in [5, 5.41) is 8.64. The monoisotopic (exact) mass is 329 g/mol. The molecule has 0 aromatic rings. The zero-order valence-corrected chi connectivity index (χ0v) is 13.9. The summed E-state index contributed by atoms with van der Waals surface area (Å²) in [7, 11) is -0.704. The van der Waals surface area contributed by atoms with Crippen LogP contribution in [-0.4, -0.2) is 42.7 Å². The first kappa shape index (κ1) is 22.8. The summed E-state index contributed by atoms with van der Waals surface area (Å²) in [5.41, 5.74) is 0. The predicted molar refractivity (Wildman–Crippen MR) is 67.5 cm³/mol. The van der Waals surface area contributed by atoms with E-state index in [0.717, 1.165) is 17.6 Å². The Hall–Kier alpha value is -0.440. The van der Waals surface area contributed by atoms with Crippen LogP contribution in [0.3, 0.4) is 0 Å². The minimum Gasteiger partial charge on any atom is -0.481 e. The summed E-state index contributed by atoms with van der Waals surface area (Å²) in [4.78, 5) is 10.5. The van der Waals surface area contributed by atoms with Gasteiger partial charge >= 0.3 is 5.97 Å². The maximum atomic E-state index is 10.5. The van der Waals surface area contributed by atoms with Gasteiger partial charge in [-0.25, -0.2) is 18.6 Å². The van der Waals surface area contributed by atoms with Crippen LogP contribution in [0.15, 0.2) is 0 Å². The molecule has 0 atom stereocenters. The average molecular weight is 330 g/mol. The van der Waals surface area contributed by atoms with Crippen molar-refractivity contribution < 1.29 is 43.3 Å². The van der Waals surface area contributed by atoms with Gasteiger partial charge in [0, 0.05) is 0 Å². The number of carbonyl (C=O) groups is 1. The van der Waals surface area contributed by atoms with Gasteiger partial charge in [-0.05, 0) is 12.8 Å². The number of hydrogen-bond acceptors (Lipinski definition) is 5. The lowest BCUT2D eigenvalue weighted by atomic mass is 10.1. The third kappa shape index (κ3) is 28.5. The molecule has 0 heterocycles. The van der Waals surface area contributed by atoms with Crippen LogP contribution in [0.2, 0.25) is 0 Å². The molecule has 0 saturated carbocycles. The zero-order valence-electron chi connectivity index (χ0n) is 13.2. The molecule has 0 fully saturated rings. The van der Waals surface area contributed by atoms with Crippen LogP contribution in [0, 0.1) is 10.2 Å². The molecule has 0 aromatic heterocycles. The van der Waals surface area contributed by atoms with Crippen molar-refractivity contribution >= 4 is 5.97 Å². The number of unbranched alkanes of at least 4 members (excludes halogenated alkanes) is 5. The van der Waals surface area contributed by atoms with Crippen LogP contribution in [0.1, 0.15) is 51.9 Å². The van der Waals surface area contributed by atoms with E-state index < -0.39 is 16.2 Å². The molecule has 21 heavy (non-hydrogen) atoms. The normalized spacial score (nSPS) is 11.8. The van der Waals surface area contributed by atoms with Gasteiger partial charge < -0.3 is 9.59 Å². The van der Waals surface area contributed by atoms with Crippen molar-refractivity contribution in [2.45, 2.75) is 51.9 Å². The molecule has 0 unspecified atom stereocenters. The molecule has 0 spiro atoms. The van der Waals surface area contributed by atoms with E-state index in [-0.39, 0.29) is 6.42 Å². The van der Waals surface area contributed by atoms with Crippen LogP contribution in [-0.2, 0) is 4.79 Å². The largest absolute Gasteiger partial charge is 0.481 e. The second kappa shape index (κ2) is 12.1. The van der Waals surface area contributed by atoms with Gasteiger partial charge in [0.2, 0.25) is 0 Å². The average Bonchev–Trinajstić information content (AvgIpc) is 2.29. The van der Waals surface area contributed by atoms with E-state index in [1.807, 2.05) is 0 Å². The van der Waals surface area contributed by atoms with Crippen molar-refractivity contribution in [3.05, 3.63) is 0 Å². The van der Waals surface area contributed by atoms with Gasteiger partial charge in [0.05, 0.1) is 33.6 Å². The van der Waals surface area contributed by atoms with Crippen LogP contribution >= 0.6 is 0 Å². The summed E-state index contributed by atoms with van der Waals surface area (Å²) < 4.78 is 34.8. The van der Waals surface area contributed by atoms with E-state index >= 15 is 0 Å². The highest BCUT2D eigenvalue weighted by Gasteiger charge is 2.15.